The molecule has 8 nitrogen and oxygen atoms in total. The summed E-state index contributed by atoms with van der Waals surface area (Å²) < 4.78 is 15.0. The molecule has 33 heavy (non-hydrogen) atoms. The Balaban J connectivity index is 1.29. The number of pyridine rings is 1. The van der Waals surface area contributed by atoms with E-state index in [1.165, 1.54) is 11.0 Å². The predicted molar refractivity (Wildman–Crippen MR) is 115 cm³/mol. The average molecular weight is 450 g/mol. The molecule has 0 saturated carbocycles. The van der Waals surface area contributed by atoms with Crippen molar-refractivity contribution in [2.45, 2.75) is 44.2 Å². The van der Waals surface area contributed by atoms with Gasteiger partial charge in [0.05, 0.1) is 0 Å². The van der Waals surface area contributed by atoms with Crippen LogP contribution in [0.25, 0.3) is 0 Å². The van der Waals surface area contributed by atoms with E-state index < -0.39 is 17.8 Å². The highest BCUT2D eigenvalue weighted by molar-refractivity contribution is 6.05. The molecule has 2 fully saturated rings. The lowest BCUT2D eigenvalue weighted by atomic mass is 9.87. The van der Waals surface area contributed by atoms with Crippen molar-refractivity contribution in [2.75, 3.05) is 13.1 Å². The molecule has 3 aliphatic heterocycles. The number of hydrogen-bond donors (Lipinski definition) is 1. The zero-order valence-electron chi connectivity index (χ0n) is 17.9. The van der Waals surface area contributed by atoms with Crippen molar-refractivity contribution in [2.24, 2.45) is 0 Å². The van der Waals surface area contributed by atoms with Gasteiger partial charge >= 0.3 is 0 Å². The summed E-state index contributed by atoms with van der Waals surface area (Å²) in [7, 11) is 0. The number of imide groups is 1. The molecule has 2 saturated heterocycles. The van der Waals surface area contributed by atoms with Crippen LogP contribution in [0.4, 0.5) is 4.39 Å². The maximum Gasteiger partial charge on any atom is 0.272 e. The Morgan fingerprint density at radius 2 is 1.88 bits per heavy atom. The summed E-state index contributed by atoms with van der Waals surface area (Å²) in [6.45, 7) is 1.21. The molecule has 1 unspecified atom stereocenters. The first kappa shape index (κ1) is 21.2. The van der Waals surface area contributed by atoms with Gasteiger partial charge in [-0.15, -0.1) is 0 Å². The van der Waals surface area contributed by atoms with Gasteiger partial charge in [-0.2, -0.15) is 0 Å². The fraction of sp³-hybridized carbons (Fsp3) is 0.375. The second-order valence-corrected chi connectivity index (χ2v) is 8.71. The van der Waals surface area contributed by atoms with Crippen LogP contribution < -0.4 is 5.32 Å². The number of carbonyl (C=O) groups is 4. The summed E-state index contributed by atoms with van der Waals surface area (Å²) in [5, 5.41) is 2.27. The van der Waals surface area contributed by atoms with Crippen LogP contribution in [0.5, 0.6) is 0 Å². The van der Waals surface area contributed by atoms with Gasteiger partial charge in [-0.1, -0.05) is 12.1 Å². The van der Waals surface area contributed by atoms with E-state index in [1.807, 2.05) is 0 Å². The van der Waals surface area contributed by atoms with E-state index in [-0.39, 0.29) is 48.6 Å². The molecule has 0 aliphatic carbocycles. The van der Waals surface area contributed by atoms with Gasteiger partial charge in [0.1, 0.15) is 17.6 Å². The third-order valence-corrected chi connectivity index (χ3v) is 6.75. The van der Waals surface area contributed by atoms with E-state index in [4.69, 9.17) is 0 Å². The molecule has 4 amide bonds. The Labute approximate surface area is 189 Å². The van der Waals surface area contributed by atoms with Crippen molar-refractivity contribution in [3.8, 4) is 0 Å². The summed E-state index contributed by atoms with van der Waals surface area (Å²) in [6.07, 6.45) is 3.24. The molecule has 3 aliphatic rings. The maximum absolute atomic E-state index is 15.0. The third kappa shape index (κ3) is 3.88. The average Bonchev–Trinajstić information content (AvgIpc) is 3.14. The van der Waals surface area contributed by atoms with Crippen molar-refractivity contribution in [3.05, 3.63) is 64.7 Å². The van der Waals surface area contributed by atoms with Crippen molar-refractivity contribution >= 4 is 23.6 Å². The molecule has 1 aromatic carbocycles. The summed E-state index contributed by atoms with van der Waals surface area (Å²) in [5.41, 5.74) is 1.89. The number of benzene rings is 1. The Bertz CT molecular complexity index is 1140. The number of aromatic nitrogens is 1. The molecule has 1 atom stereocenters. The number of halogens is 1. The molecule has 0 radical (unpaired) electrons. The van der Waals surface area contributed by atoms with E-state index >= 15 is 4.39 Å². The van der Waals surface area contributed by atoms with Crippen molar-refractivity contribution < 1.29 is 23.6 Å². The number of carbonyl (C=O) groups excluding carboxylic acids is 4. The van der Waals surface area contributed by atoms with Gasteiger partial charge in [-0.3, -0.25) is 29.5 Å². The number of piperidine rings is 2. The molecule has 0 bridgehead atoms. The molecule has 170 valence electrons. The van der Waals surface area contributed by atoms with Gasteiger partial charge in [0, 0.05) is 37.8 Å². The minimum absolute atomic E-state index is 0.0668. The lowest BCUT2D eigenvalue weighted by Crippen LogP contribution is -2.52. The van der Waals surface area contributed by atoms with Crippen LogP contribution in [0.15, 0.2) is 36.5 Å². The van der Waals surface area contributed by atoms with Gasteiger partial charge in [0.15, 0.2) is 0 Å². The van der Waals surface area contributed by atoms with Crippen LogP contribution in [0.3, 0.4) is 0 Å². The van der Waals surface area contributed by atoms with Gasteiger partial charge in [0.2, 0.25) is 11.8 Å². The smallest absolute Gasteiger partial charge is 0.272 e. The second kappa shape index (κ2) is 8.38. The molecule has 1 aromatic heterocycles. The summed E-state index contributed by atoms with van der Waals surface area (Å²) >= 11 is 0. The summed E-state index contributed by atoms with van der Waals surface area (Å²) in [6, 6.07) is 7.48. The van der Waals surface area contributed by atoms with E-state index in [9.17, 15) is 19.2 Å². The lowest BCUT2D eigenvalue weighted by Gasteiger charge is -2.32. The Morgan fingerprint density at radius 1 is 1.09 bits per heavy atom. The number of nitrogens with one attached hydrogen (secondary N) is 1. The molecule has 9 heteroatoms. The van der Waals surface area contributed by atoms with Gasteiger partial charge < -0.3 is 9.80 Å². The van der Waals surface area contributed by atoms with E-state index in [1.54, 1.807) is 35.4 Å². The van der Waals surface area contributed by atoms with Crippen molar-refractivity contribution in [1.29, 1.82) is 0 Å². The molecule has 4 heterocycles. The van der Waals surface area contributed by atoms with Gasteiger partial charge in [0.25, 0.3) is 11.8 Å². The van der Waals surface area contributed by atoms with Crippen LogP contribution in [0, 0.1) is 5.82 Å². The summed E-state index contributed by atoms with van der Waals surface area (Å²) in [5.74, 6) is -1.86. The Hall–Kier alpha value is -3.62. The molecule has 1 N–H and O–H groups in total. The number of nitrogens with zero attached hydrogens (tertiary/aromatic N) is 3. The van der Waals surface area contributed by atoms with Crippen LogP contribution in [0.2, 0.25) is 0 Å². The standard InChI is InChI=1S/C24H23FN4O4/c25-18-12-17-15(13-29(23(17)32)20-4-5-21(30)27-22(20)31)11-16(18)14-6-9-28(10-7-14)24(33)19-3-1-2-8-26-19/h1-3,8,11-12,14,20H,4-7,9-10,13H2,(H,27,30,31). The zero-order chi connectivity index (χ0) is 23.1. The number of hydrogen-bond acceptors (Lipinski definition) is 5. The number of rotatable bonds is 3. The first-order valence-electron chi connectivity index (χ1n) is 11.1. The third-order valence-electron chi connectivity index (χ3n) is 6.75. The highest BCUT2D eigenvalue weighted by Crippen LogP contribution is 2.35. The maximum atomic E-state index is 15.0. The molecular formula is C24H23FN4O4. The van der Waals surface area contributed by atoms with Crippen molar-refractivity contribution in [3.63, 3.8) is 0 Å². The quantitative estimate of drug-likeness (QED) is 0.721. The molecule has 5 rings (SSSR count). The summed E-state index contributed by atoms with van der Waals surface area (Å²) in [4.78, 5) is 56.4. The fourth-order valence-electron chi connectivity index (χ4n) is 4.97. The minimum atomic E-state index is -0.727. The van der Waals surface area contributed by atoms with E-state index in [0.29, 0.717) is 42.8 Å². The molecular weight excluding hydrogens is 427 g/mol. The monoisotopic (exact) mass is 450 g/mol. The van der Waals surface area contributed by atoms with Crippen LogP contribution in [0.1, 0.15) is 63.6 Å². The number of fused-ring (bicyclic) bond motifs is 1. The lowest BCUT2D eigenvalue weighted by molar-refractivity contribution is -0.136. The first-order chi connectivity index (χ1) is 15.9. The highest BCUT2D eigenvalue weighted by Gasteiger charge is 2.40. The van der Waals surface area contributed by atoms with Gasteiger partial charge in [-0.05, 0) is 54.5 Å². The van der Waals surface area contributed by atoms with Gasteiger partial charge in [-0.25, -0.2) is 4.39 Å². The number of amides is 4. The zero-order valence-corrected chi connectivity index (χ0v) is 17.9. The molecule has 2 aromatic rings. The van der Waals surface area contributed by atoms with Crippen LogP contribution in [-0.4, -0.2) is 57.5 Å². The van der Waals surface area contributed by atoms with Crippen LogP contribution >= 0.6 is 0 Å². The normalized spacial score (nSPS) is 21.2. The Morgan fingerprint density at radius 3 is 2.58 bits per heavy atom. The predicted octanol–water partition coefficient (Wildman–Crippen LogP) is 2.00. The Kier molecular flexibility index (Phi) is 5.39. The molecule has 0 spiro atoms. The number of likely N-dealkylation sites (tertiary alicyclic amines) is 1. The fourth-order valence-corrected chi connectivity index (χ4v) is 4.97. The minimum Gasteiger partial charge on any atom is -0.337 e. The first-order valence-corrected chi connectivity index (χ1v) is 11.1. The van der Waals surface area contributed by atoms with E-state index in [0.717, 1.165) is 0 Å². The van der Waals surface area contributed by atoms with E-state index in [2.05, 4.69) is 10.3 Å². The second-order valence-electron chi connectivity index (χ2n) is 8.71. The van der Waals surface area contributed by atoms with Crippen LogP contribution in [-0.2, 0) is 16.1 Å². The largest absolute Gasteiger partial charge is 0.337 e. The highest BCUT2D eigenvalue weighted by atomic mass is 19.1. The van der Waals surface area contributed by atoms with Crippen molar-refractivity contribution in [1.82, 2.24) is 20.1 Å². The SMILES string of the molecule is O=C1CCC(N2Cc3cc(C4CCN(C(=O)c5ccccn5)CC4)c(F)cc3C2=O)C(=O)N1. The topological polar surface area (TPSA) is 99.7 Å².